The van der Waals surface area contributed by atoms with Gasteiger partial charge >= 0.3 is 11.9 Å². The average Bonchev–Trinajstić information content (AvgIpc) is 2.87. The van der Waals surface area contributed by atoms with Crippen LogP contribution >= 0.6 is 0 Å². The van der Waals surface area contributed by atoms with Crippen LogP contribution in [-0.4, -0.2) is 26.2 Å². The third-order valence-corrected chi connectivity index (χ3v) is 8.73. The van der Waals surface area contributed by atoms with Crippen LogP contribution in [0.2, 0.25) is 0 Å². The molecule has 38 heavy (non-hydrogen) atoms. The molecule has 0 saturated heterocycles. The molecule has 0 unspecified atom stereocenters. The first-order valence-corrected chi connectivity index (χ1v) is 14.5. The van der Waals surface area contributed by atoms with E-state index in [1.807, 2.05) is 0 Å². The predicted molar refractivity (Wildman–Crippen MR) is 154 cm³/mol. The Bertz CT molecular complexity index is 1180. The summed E-state index contributed by atoms with van der Waals surface area (Å²) in [5.41, 5.74) is 14.3. The lowest BCUT2D eigenvalue weighted by atomic mass is 9.67. The van der Waals surface area contributed by atoms with Gasteiger partial charge in [-0.05, 0) is 118 Å². The normalized spacial score (nSPS) is 14.6. The molecule has 206 valence electrons. The van der Waals surface area contributed by atoms with Gasteiger partial charge in [0.15, 0.2) is 0 Å². The highest BCUT2D eigenvalue weighted by atomic mass is 16.5. The number of ether oxygens (including phenoxy) is 2. The summed E-state index contributed by atoms with van der Waals surface area (Å²) >= 11 is 0. The molecule has 2 aliphatic carbocycles. The molecule has 0 radical (unpaired) electrons. The van der Waals surface area contributed by atoms with E-state index < -0.39 is 11.9 Å². The molecule has 0 N–H and O–H groups in total. The van der Waals surface area contributed by atoms with E-state index in [0.717, 1.165) is 36.8 Å². The maximum Gasteiger partial charge on any atom is 0.339 e. The van der Waals surface area contributed by atoms with Crippen molar-refractivity contribution >= 4 is 11.9 Å². The zero-order valence-corrected chi connectivity index (χ0v) is 25.2. The first kappa shape index (κ1) is 28.4. The number of methoxy groups -OCH3 is 2. The Morgan fingerprint density at radius 2 is 0.789 bits per heavy atom. The Morgan fingerprint density at radius 1 is 0.500 bits per heavy atom. The van der Waals surface area contributed by atoms with Gasteiger partial charge in [-0.15, -0.1) is 0 Å². The Morgan fingerprint density at radius 3 is 1.05 bits per heavy atom. The van der Waals surface area contributed by atoms with Crippen LogP contribution in [0.15, 0.2) is 0 Å². The number of hydrogen-bond acceptors (Lipinski definition) is 4. The maximum absolute atomic E-state index is 13.4. The zero-order valence-electron chi connectivity index (χ0n) is 25.2. The van der Waals surface area contributed by atoms with Crippen LogP contribution in [0.25, 0.3) is 0 Å². The lowest BCUT2D eigenvalue weighted by molar-refractivity contribution is 0.0552. The monoisotopic (exact) mass is 518 g/mol. The minimum Gasteiger partial charge on any atom is -0.465 e. The number of carbonyl (C=O) groups excluding carboxylic acids is 2. The van der Waals surface area contributed by atoms with E-state index in [-0.39, 0.29) is 11.8 Å². The highest BCUT2D eigenvalue weighted by Crippen LogP contribution is 2.48. The zero-order chi connectivity index (χ0) is 28.0. The largest absolute Gasteiger partial charge is 0.465 e. The molecule has 0 amide bonds. The first-order chi connectivity index (χ1) is 18.0. The summed E-state index contributed by atoms with van der Waals surface area (Å²) in [5.74, 6) is 0.0473. The fraction of sp³-hybridized carbons (Fsp3) is 0.588. The topological polar surface area (TPSA) is 52.6 Å². The minimum atomic E-state index is -0.456. The number of esters is 2. The number of hydrogen-bond donors (Lipinski definition) is 0. The number of fused-ring (bicyclic) bond motifs is 3. The molecule has 2 aromatic rings. The number of rotatable bonds is 6. The second-order valence-corrected chi connectivity index (χ2v) is 12.4. The van der Waals surface area contributed by atoms with Gasteiger partial charge in [-0.3, -0.25) is 0 Å². The van der Waals surface area contributed by atoms with Gasteiger partial charge < -0.3 is 9.47 Å². The molecule has 0 bridgehead atoms. The van der Waals surface area contributed by atoms with Crippen molar-refractivity contribution in [3.63, 3.8) is 0 Å². The molecule has 0 spiro atoms. The van der Waals surface area contributed by atoms with E-state index >= 15 is 0 Å². The third-order valence-electron chi connectivity index (χ3n) is 8.73. The van der Waals surface area contributed by atoms with Gasteiger partial charge in [-0.1, -0.05) is 55.4 Å². The van der Waals surface area contributed by atoms with Crippen LogP contribution in [0.1, 0.15) is 168 Å². The molecule has 0 heterocycles. The van der Waals surface area contributed by atoms with Gasteiger partial charge in [0.05, 0.1) is 25.3 Å². The summed E-state index contributed by atoms with van der Waals surface area (Å²) in [6.07, 6.45) is 6.41. The molecule has 4 heteroatoms. The molecular formula is C34H46O4. The van der Waals surface area contributed by atoms with E-state index in [9.17, 15) is 9.59 Å². The minimum absolute atomic E-state index is 0.0497. The highest BCUT2D eigenvalue weighted by molar-refractivity contribution is 6.06. The van der Waals surface area contributed by atoms with Crippen LogP contribution < -0.4 is 0 Å². The summed E-state index contributed by atoms with van der Waals surface area (Å²) in [6, 6.07) is 0. The van der Waals surface area contributed by atoms with Crippen molar-refractivity contribution in [1.29, 1.82) is 0 Å². The van der Waals surface area contributed by atoms with Gasteiger partial charge in [0.2, 0.25) is 0 Å². The van der Waals surface area contributed by atoms with Gasteiger partial charge in [0, 0.05) is 0 Å². The van der Waals surface area contributed by atoms with Crippen LogP contribution in [0.5, 0.6) is 0 Å². The van der Waals surface area contributed by atoms with Crippen molar-refractivity contribution in [2.45, 2.75) is 118 Å². The molecule has 0 atom stereocenters. The highest BCUT2D eigenvalue weighted by Gasteiger charge is 2.38. The molecule has 0 aromatic heterocycles. The summed E-state index contributed by atoms with van der Waals surface area (Å²) in [6.45, 7) is 17.8. The van der Waals surface area contributed by atoms with Gasteiger partial charge in [-0.25, -0.2) is 9.59 Å². The van der Waals surface area contributed by atoms with Crippen LogP contribution in [0.4, 0.5) is 0 Å². The number of carbonyl (C=O) groups is 2. The lowest BCUT2D eigenvalue weighted by Gasteiger charge is -2.37. The molecule has 0 fully saturated rings. The van der Waals surface area contributed by atoms with Crippen molar-refractivity contribution in [3.8, 4) is 0 Å². The Balaban J connectivity index is 2.18. The Hall–Kier alpha value is -2.62. The van der Waals surface area contributed by atoms with E-state index in [1.54, 1.807) is 11.1 Å². The Labute approximate surface area is 229 Å². The van der Waals surface area contributed by atoms with Gasteiger partial charge in [0.1, 0.15) is 0 Å². The van der Waals surface area contributed by atoms with Gasteiger partial charge in [0.25, 0.3) is 0 Å². The van der Waals surface area contributed by atoms with Crippen molar-refractivity contribution in [3.05, 3.63) is 66.8 Å². The van der Waals surface area contributed by atoms with Crippen LogP contribution in [0.3, 0.4) is 0 Å². The summed E-state index contributed by atoms with van der Waals surface area (Å²) in [4.78, 5) is 26.7. The van der Waals surface area contributed by atoms with Crippen LogP contribution in [-0.2, 0) is 35.2 Å². The maximum atomic E-state index is 13.4. The lowest BCUT2D eigenvalue weighted by Crippen LogP contribution is -2.27. The van der Waals surface area contributed by atoms with Crippen molar-refractivity contribution < 1.29 is 19.1 Å². The summed E-state index contributed by atoms with van der Waals surface area (Å²) in [7, 11) is 2.80. The SMILES string of the molecule is COC(=O)c1c(C(=O)OC)c(C(C)C)c2c(c1C(C)C)Cc1c(c(C(C)C)c3c(c1C(C)C)CCCC3)C2. The van der Waals surface area contributed by atoms with E-state index in [2.05, 4.69) is 55.4 Å². The summed E-state index contributed by atoms with van der Waals surface area (Å²) in [5, 5.41) is 0. The fourth-order valence-electron chi connectivity index (χ4n) is 7.54. The molecule has 0 aliphatic heterocycles. The standard InChI is InChI=1S/C34H46O4/c1-17(2)27-21-13-11-12-14-22(21)28(18(3)4)24-16-26-25(15-23(24)27)29(19(5)6)31(33(35)37-9)32(34(36)38-10)30(26)20(7)8/h17-20H,11-16H2,1-10H3. The second-order valence-electron chi connectivity index (χ2n) is 12.4. The van der Waals surface area contributed by atoms with Crippen molar-refractivity contribution in [1.82, 2.24) is 0 Å². The molecule has 0 saturated carbocycles. The molecule has 2 aromatic carbocycles. The van der Waals surface area contributed by atoms with Crippen LogP contribution in [0, 0.1) is 0 Å². The van der Waals surface area contributed by atoms with E-state index in [1.165, 1.54) is 60.4 Å². The summed E-state index contributed by atoms with van der Waals surface area (Å²) < 4.78 is 10.6. The Kier molecular flexibility index (Phi) is 8.12. The molecule has 2 aliphatic rings. The fourth-order valence-corrected chi connectivity index (χ4v) is 7.54. The van der Waals surface area contributed by atoms with E-state index in [0.29, 0.717) is 23.0 Å². The second kappa shape index (κ2) is 10.9. The van der Waals surface area contributed by atoms with E-state index in [4.69, 9.17) is 9.47 Å². The first-order valence-electron chi connectivity index (χ1n) is 14.5. The van der Waals surface area contributed by atoms with Crippen molar-refractivity contribution in [2.24, 2.45) is 0 Å². The van der Waals surface area contributed by atoms with Gasteiger partial charge in [-0.2, -0.15) is 0 Å². The smallest absolute Gasteiger partial charge is 0.339 e. The number of benzene rings is 2. The quantitative estimate of drug-likeness (QED) is 0.309. The molecule has 4 rings (SSSR count). The van der Waals surface area contributed by atoms with Crippen molar-refractivity contribution in [2.75, 3.05) is 14.2 Å². The molecule has 4 nitrogen and oxygen atoms in total. The third kappa shape index (κ3) is 4.48. The average molecular weight is 519 g/mol. The predicted octanol–water partition coefficient (Wildman–Crippen LogP) is 8.13. The molecular weight excluding hydrogens is 472 g/mol.